The predicted octanol–water partition coefficient (Wildman–Crippen LogP) is 3.57. The van der Waals surface area contributed by atoms with E-state index in [1.54, 1.807) is 0 Å². The molecular weight excluding hydrogens is 571 g/mol. The van der Waals surface area contributed by atoms with Gasteiger partial charge in [0, 0.05) is 48.3 Å². The zero-order valence-corrected chi connectivity index (χ0v) is 20.8. The molecule has 0 radical (unpaired) electrons. The maximum Gasteiger partial charge on any atom is 0.418 e. The molecule has 37 heavy (non-hydrogen) atoms. The quantitative estimate of drug-likeness (QED) is 0.518. The second kappa shape index (κ2) is 10.8. The van der Waals surface area contributed by atoms with Crippen molar-refractivity contribution >= 4 is 33.4 Å². The van der Waals surface area contributed by atoms with E-state index in [4.69, 9.17) is 4.74 Å². The third-order valence-corrected chi connectivity index (χ3v) is 6.57. The molecule has 3 heterocycles. The normalized spacial score (nSPS) is 18.4. The van der Waals surface area contributed by atoms with Gasteiger partial charge in [0.1, 0.15) is 0 Å². The van der Waals surface area contributed by atoms with Crippen LogP contribution in [0, 0.1) is 0 Å². The van der Waals surface area contributed by atoms with Crippen molar-refractivity contribution in [3.63, 3.8) is 0 Å². The topological polar surface area (TPSA) is 94.7 Å². The molecule has 2 aliphatic rings. The number of hydrogen-bond donors (Lipinski definition) is 2. The van der Waals surface area contributed by atoms with Crippen LogP contribution >= 0.6 is 15.9 Å². The van der Waals surface area contributed by atoms with Crippen LogP contribution < -0.4 is 15.8 Å². The Labute approximate surface area is 215 Å². The molecule has 1 aromatic heterocycles. The Kier molecular flexibility index (Phi) is 7.88. The van der Waals surface area contributed by atoms with Gasteiger partial charge in [0.15, 0.2) is 0 Å². The van der Waals surface area contributed by atoms with Crippen LogP contribution in [0.3, 0.4) is 0 Å². The zero-order chi connectivity index (χ0) is 26.9. The Morgan fingerprint density at radius 3 is 2.46 bits per heavy atom. The molecule has 0 aliphatic carbocycles. The molecule has 14 heteroatoms. The Bertz CT molecular complexity index is 1250. The number of alkyl halides is 5. The molecule has 2 amide bonds. The summed E-state index contributed by atoms with van der Waals surface area (Å²) in [5, 5.41) is 2.59. The number of ether oxygens (including phenoxy) is 1. The molecule has 2 N–H and O–H groups in total. The van der Waals surface area contributed by atoms with Gasteiger partial charge in [0.2, 0.25) is 5.56 Å². The second-order valence-corrected chi connectivity index (χ2v) is 9.56. The summed E-state index contributed by atoms with van der Waals surface area (Å²) < 4.78 is 73.6. The number of nitrogens with zero attached hydrogens (tertiary/aromatic N) is 2. The molecule has 2 aliphatic heterocycles. The molecule has 2 aromatic rings. The Morgan fingerprint density at radius 2 is 1.81 bits per heavy atom. The molecule has 8 nitrogen and oxygen atoms in total. The lowest BCUT2D eigenvalue weighted by atomic mass is 10.0. The summed E-state index contributed by atoms with van der Waals surface area (Å²) in [7, 11) is 0. The van der Waals surface area contributed by atoms with Crippen LogP contribution in [0.25, 0.3) is 0 Å². The van der Waals surface area contributed by atoms with Crippen LogP contribution in [0.1, 0.15) is 44.8 Å². The molecule has 200 valence electrons. The number of rotatable bonds is 5. The summed E-state index contributed by atoms with van der Waals surface area (Å²) in [4.78, 5) is 42.3. The largest absolute Gasteiger partial charge is 0.418 e. The van der Waals surface area contributed by atoms with Crippen molar-refractivity contribution in [1.29, 1.82) is 0 Å². The van der Waals surface area contributed by atoms with Gasteiger partial charge in [-0.2, -0.15) is 13.2 Å². The van der Waals surface area contributed by atoms with Gasteiger partial charge in [0.25, 0.3) is 18.2 Å². The van der Waals surface area contributed by atoms with Gasteiger partial charge in [-0.3, -0.25) is 14.4 Å². The SMILES string of the molecule is O=C(N[C@@H]1CCN(c2c(C(=O)N3CCOCC3)cc(Br)cc2C(F)(F)F)C1)c1cc(C(F)F)[nH]c(=O)c1. The molecule has 2 fully saturated rings. The summed E-state index contributed by atoms with van der Waals surface area (Å²) in [6.07, 6.45) is -7.53. The van der Waals surface area contributed by atoms with Crippen LogP contribution in [0.15, 0.2) is 33.5 Å². The highest BCUT2D eigenvalue weighted by molar-refractivity contribution is 9.10. The van der Waals surface area contributed by atoms with Crippen molar-refractivity contribution < 1.29 is 36.3 Å². The lowest BCUT2D eigenvalue weighted by Crippen LogP contribution is -2.42. The molecule has 0 spiro atoms. The third-order valence-electron chi connectivity index (χ3n) is 6.11. The molecule has 1 atom stereocenters. The van der Waals surface area contributed by atoms with Crippen molar-refractivity contribution in [2.75, 3.05) is 44.3 Å². The Balaban J connectivity index is 1.61. The lowest BCUT2D eigenvalue weighted by Gasteiger charge is -2.31. The summed E-state index contributed by atoms with van der Waals surface area (Å²) >= 11 is 3.08. The minimum absolute atomic E-state index is 0.0647. The van der Waals surface area contributed by atoms with E-state index in [1.807, 2.05) is 4.98 Å². The van der Waals surface area contributed by atoms with E-state index in [2.05, 4.69) is 21.2 Å². The molecule has 4 rings (SSSR count). The molecule has 2 saturated heterocycles. The summed E-state index contributed by atoms with van der Waals surface area (Å²) in [5.41, 5.74) is -3.32. The number of halogens is 6. The number of amides is 2. The van der Waals surface area contributed by atoms with E-state index in [1.165, 1.54) is 15.9 Å². The number of hydrogen-bond acceptors (Lipinski definition) is 5. The van der Waals surface area contributed by atoms with Gasteiger partial charge in [-0.05, 0) is 24.6 Å². The van der Waals surface area contributed by atoms with Crippen LogP contribution in [0.5, 0.6) is 0 Å². The first-order chi connectivity index (χ1) is 17.4. The van der Waals surface area contributed by atoms with Crippen molar-refractivity contribution in [2.45, 2.75) is 25.1 Å². The van der Waals surface area contributed by atoms with E-state index < -0.39 is 47.3 Å². The van der Waals surface area contributed by atoms with Gasteiger partial charge < -0.3 is 24.8 Å². The number of anilines is 1. The van der Waals surface area contributed by atoms with Crippen molar-refractivity contribution in [3.05, 3.63) is 61.5 Å². The minimum Gasteiger partial charge on any atom is -0.378 e. The van der Waals surface area contributed by atoms with Crippen LogP contribution in [0.4, 0.5) is 27.6 Å². The minimum atomic E-state index is -4.77. The van der Waals surface area contributed by atoms with E-state index in [0.29, 0.717) is 0 Å². The van der Waals surface area contributed by atoms with Crippen LogP contribution in [-0.2, 0) is 10.9 Å². The first kappa shape index (κ1) is 27.0. The standard InChI is InChI=1S/C23H22BrF5N4O4/c24-13-9-15(22(36)32-3-5-37-6-4-32)19(16(10-13)23(27,28)29)33-2-1-14(11-33)30-21(35)12-7-17(20(25)26)31-18(34)8-12/h7-10,14,20H,1-6,11H2,(H,30,35)(H,31,34)/t14-/m1/s1. The number of aromatic amines is 1. The second-order valence-electron chi connectivity index (χ2n) is 8.65. The summed E-state index contributed by atoms with van der Waals surface area (Å²) in [6.45, 7) is 1.05. The first-order valence-electron chi connectivity index (χ1n) is 11.3. The average molecular weight is 593 g/mol. The number of aromatic nitrogens is 1. The number of H-pyrrole nitrogens is 1. The summed E-state index contributed by atoms with van der Waals surface area (Å²) in [6, 6.07) is 3.31. The highest BCUT2D eigenvalue weighted by Gasteiger charge is 2.40. The van der Waals surface area contributed by atoms with Gasteiger partial charge in [-0.1, -0.05) is 15.9 Å². The first-order valence-corrected chi connectivity index (χ1v) is 12.1. The fourth-order valence-electron chi connectivity index (χ4n) is 4.42. The number of nitrogens with one attached hydrogen (secondary N) is 2. The average Bonchev–Trinajstić information content (AvgIpc) is 3.30. The Hall–Kier alpha value is -3.00. The van der Waals surface area contributed by atoms with E-state index in [0.717, 1.165) is 18.2 Å². The highest BCUT2D eigenvalue weighted by Crippen LogP contribution is 2.42. The molecule has 0 saturated carbocycles. The van der Waals surface area contributed by atoms with Crippen LogP contribution in [-0.4, -0.2) is 67.1 Å². The van der Waals surface area contributed by atoms with Gasteiger partial charge in [-0.15, -0.1) is 0 Å². The van der Waals surface area contributed by atoms with Crippen LogP contribution in [0.2, 0.25) is 0 Å². The highest BCUT2D eigenvalue weighted by atomic mass is 79.9. The van der Waals surface area contributed by atoms with Gasteiger partial charge in [-0.25, -0.2) is 8.78 Å². The molecular formula is C23H22BrF5N4O4. The van der Waals surface area contributed by atoms with Crippen molar-refractivity contribution in [2.24, 2.45) is 0 Å². The maximum absolute atomic E-state index is 14.1. The number of pyridine rings is 1. The summed E-state index contributed by atoms with van der Waals surface area (Å²) in [5.74, 6) is -1.38. The number of morpholine rings is 1. The van der Waals surface area contributed by atoms with E-state index in [9.17, 15) is 36.3 Å². The zero-order valence-electron chi connectivity index (χ0n) is 19.2. The molecule has 1 aromatic carbocycles. The fraction of sp³-hybridized carbons (Fsp3) is 0.435. The Morgan fingerprint density at radius 1 is 1.11 bits per heavy atom. The fourth-order valence-corrected chi connectivity index (χ4v) is 4.88. The van der Waals surface area contributed by atoms with E-state index in [-0.39, 0.29) is 67.1 Å². The third kappa shape index (κ3) is 6.12. The van der Waals surface area contributed by atoms with Gasteiger partial charge >= 0.3 is 6.18 Å². The van der Waals surface area contributed by atoms with E-state index >= 15 is 0 Å². The van der Waals surface area contributed by atoms with Gasteiger partial charge in [0.05, 0.1) is 35.7 Å². The van der Waals surface area contributed by atoms with Crippen molar-refractivity contribution in [1.82, 2.24) is 15.2 Å². The number of benzene rings is 1. The molecule has 0 bridgehead atoms. The molecule has 0 unspecified atom stereocenters. The lowest BCUT2D eigenvalue weighted by molar-refractivity contribution is -0.137. The smallest absolute Gasteiger partial charge is 0.378 e. The number of carbonyl (C=O) groups excluding carboxylic acids is 2. The van der Waals surface area contributed by atoms with Crippen molar-refractivity contribution in [3.8, 4) is 0 Å². The number of carbonyl (C=O) groups is 2. The predicted molar refractivity (Wildman–Crippen MR) is 126 cm³/mol. The maximum atomic E-state index is 14.1. The monoisotopic (exact) mass is 592 g/mol.